The molecule has 2 aromatic heterocycles. The summed E-state index contributed by atoms with van der Waals surface area (Å²) in [6.07, 6.45) is 2.13. The topological polar surface area (TPSA) is 113 Å². The lowest BCUT2D eigenvalue weighted by atomic mass is 10.0. The van der Waals surface area contributed by atoms with Crippen molar-refractivity contribution in [2.75, 3.05) is 57.1 Å². The van der Waals surface area contributed by atoms with Crippen molar-refractivity contribution in [2.45, 2.75) is 24.9 Å². The van der Waals surface area contributed by atoms with Crippen molar-refractivity contribution in [3.05, 3.63) is 35.1 Å². The van der Waals surface area contributed by atoms with E-state index in [0.717, 1.165) is 24.1 Å². The number of nitrogens with zero attached hydrogens (tertiary/aromatic N) is 5. The Bertz CT molecular complexity index is 1500. The fraction of sp³-hybridized carbons (Fsp3) is 0.423. The Morgan fingerprint density at radius 3 is 2.89 bits per heavy atom. The molecule has 6 rings (SSSR count). The number of nitrogens with one attached hydrogen (secondary N) is 1. The zero-order valence-electron chi connectivity index (χ0n) is 21.0. The molecule has 4 heterocycles. The molecule has 38 heavy (non-hydrogen) atoms. The number of anilines is 2. The van der Waals surface area contributed by atoms with Crippen molar-refractivity contribution in [1.82, 2.24) is 25.2 Å². The van der Waals surface area contributed by atoms with Gasteiger partial charge in [0.15, 0.2) is 10.9 Å². The monoisotopic (exact) mass is 557 g/mol. The SMILES string of the molecule is CN1CCCC1COc1nc(N2CCNC[C@@H]2CO)c2cc(Cl)c(-c3cccc4sc(N)nc34)c(F)c2n1. The van der Waals surface area contributed by atoms with Gasteiger partial charge in [0.2, 0.25) is 0 Å². The Hall–Kier alpha value is -2.83. The molecule has 0 saturated carbocycles. The molecule has 2 saturated heterocycles. The van der Waals surface area contributed by atoms with Crippen LogP contribution >= 0.6 is 22.9 Å². The summed E-state index contributed by atoms with van der Waals surface area (Å²) < 4.78 is 23.4. The summed E-state index contributed by atoms with van der Waals surface area (Å²) in [5.41, 5.74) is 7.41. The van der Waals surface area contributed by atoms with E-state index in [2.05, 4.69) is 27.2 Å². The first kappa shape index (κ1) is 25.4. The summed E-state index contributed by atoms with van der Waals surface area (Å²) in [6.45, 7) is 3.20. The van der Waals surface area contributed by atoms with Crippen LogP contribution in [-0.4, -0.2) is 83.5 Å². The number of hydrogen-bond donors (Lipinski definition) is 3. The summed E-state index contributed by atoms with van der Waals surface area (Å²) in [6, 6.07) is 7.33. The van der Waals surface area contributed by atoms with E-state index in [1.165, 1.54) is 11.3 Å². The van der Waals surface area contributed by atoms with E-state index in [1.807, 2.05) is 17.0 Å². The zero-order chi connectivity index (χ0) is 26.4. The number of aromatic nitrogens is 3. The number of thiazole rings is 1. The molecule has 2 fully saturated rings. The molecule has 12 heteroatoms. The van der Waals surface area contributed by atoms with Crippen molar-refractivity contribution < 1.29 is 14.2 Å². The molecule has 0 radical (unpaired) electrons. The molecule has 4 aromatic rings. The van der Waals surface area contributed by atoms with Crippen molar-refractivity contribution in [3.63, 3.8) is 0 Å². The summed E-state index contributed by atoms with van der Waals surface area (Å²) in [4.78, 5) is 17.9. The van der Waals surface area contributed by atoms with Crippen molar-refractivity contribution in [3.8, 4) is 17.1 Å². The van der Waals surface area contributed by atoms with Gasteiger partial charge in [0.05, 0.1) is 27.9 Å². The highest BCUT2D eigenvalue weighted by atomic mass is 35.5. The number of ether oxygens (including phenoxy) is 1. The minimum Gasteiger partial charge on any atom is -0.462 e. The molecule has 0 bridgehead atoms. The van der Waals surface area contributed by atoms with Gasteiger partial charge in [-0.25, -0.2) is 9.37 Å². The molecule has 2 aliphatic heterocycles. The number of likely N-dealkylation sites (N-methyl/N-ethyl adjacent to an activating group) is 1. The number of para-hydroxylation sites is 1. The predicted molar refractivity (Wildman–Crippen MR) is 150 cm³/mol. The Morgan fingerprint density at radius 1 is 1.24 bits per heavy atom. The average molecular weight is 558 g/mol. The maximum atomic E-state index is 16.5. The van der Waals surface area contributed by atoms with Gasteiger partial charge in [-0.1, -0.05) is 35.1 Å². The first-order chi connectivity index (χ1) is 18.4. The number of piperazine rings is 1. The summed E-state index contributed by atoms with van der Waals surface area (Å²) in [5, 5.41) is 14.4. The molecule has 9 nitrogen and oxygen atoms in total. The van der Waals surface area contributed by atoms with Gasteiger partial charge in [-0.15, -0.1) is 0 Å². The number of rotatable bonds is 6. The molecule has 0 aliphatic carbocycles. The van der Waals surface area contributed by atoms with E-state index in [1.54, 1.807) is 12.1 Å². The summed E-state index contributed by atoms with van der Waals surface area (Å²) in [5.74, 6) is -0.0810. The van der Waals surface area contributed by atoms with Crippen molar-refractivity contribution in [1.29, 1.82) is 0 Å². The van der Waals surface area contributed by atoms with E-state index in [0.29, 0.717) is 53.7 Å². The van der Waals surface area contributed by atoms with Gasteiger partial charge in [0, 0.05) is 42.2 Å². The Labute approximate surface area is 228 Å². The number of likely N-dealkylation sites (tertiary alicyclic amines) is 1. The van der Waals surface area contributed by atoms with Gasteiger partial charge in [-0.2, -0.15) is 9.97 Å². The first-order valence-electron chi connectivity index (χ1n) is 12.7. The fourth-order valence-electron chi connectivity index (χ4n) is 5.42. The van der Waals surface area contributed by atoms with Crippen LogP contribution in [0.3, 0.4) is 0 Å². The van der Waals surface area contributed by atoms with E-state index < -0.39 is 5.82 Å². The average Bonchev–Trinajstić information content (AvgIpc) is 3.51. The normalized spacial score (nSPS) is 20.6. The lowest BCUT2D eigenvalue weighted by Crippen LogP contribution is -2.53. The number of halogens is 2. The quantitative estimate of drug-likeness (QED) is 0.328. The second kappa shape index (κ2) is 10.4. The van der Waals surface area contributed by atoms with Gasteiger partial charge in [-0.05, 0) is 38.6 Å². The number of nitrogens with two attached hydrogens (primary N) is 1. The van der Waals surface area contributed by atoms with Gasteiger partial charge in [0.25, 0.3) is 0 Å². The maximum absolute atomic E-state index is 16.5. The third-order valence-corrected chi connectivity index (χ3v) is 8.60. The third kappa shape index (κ3) is 4.52. The highest BCUT2D eigenvalue weighted by Gasteiger charge is 2.29. The van der Waals surface area contributed by atoms with Crippen LogP contribution in [0, 0.1) is 5.82 Å². The molecule has 0 spiro atoms. The Balaban J connectivity index is 1.52. The maximum Gasteiger partial charge on any atom is 0.319 e. The summed E-state index contributed by atoms with van der Waals surface area (Å²) >= 11 is 8.10. The molecule has 0 amide bonds. The van der Waals surface area contributed by atoms with Gasteiger partial charge in [-0.3, -0.25) is 0 Å². The van der Waals surface area contributed by atoms with Gasteiger partial charge in [0.1, 0.15) is 17.9 Å². The highest BCUT2D eigenvalue weighted by Crippen LogP contribution is 2.42. The minimum absolute atomic E-state index is 0.0803. The van der Waals surface area contributed by atoms with Crippen LogP contribution < -0.4 is 20.7 Å². The number of aliphatic hydroxyl groups is 1. The number of aliphatic hydroxyl groups excluding tert-OH is 1. The van der Waals surface area contributed by atoms with Crippen LogP contribution in [0.15, 0.2) is 24.3 Å². The molecule has 2 aliphatic rings. The third-order valence-electron chi connectivity index (χ3n) is 7.46. The first-order valence-corrected chi connectivity index (χ1v) is 13.9. The van der Waals surface area contributed by atoms with E-state index in [-0.39, 0.29) is 40.8 Å². The van der Waals surface area contributed by atoms with Crippen molar-refractivity contribution >= 4 is 55.0 Å². The minimum atomic E-state index is -0.575. The van der Waals surface area contributed by atoms with Crippen molar-refractivity contribution in [2.24, 2.45) is 0 Å². The number of hydrogen-bond acceptors (Lipinski definition) is 10. The second-order valence-corrected chi connectivity index (χ2v) is 11.3. The Kier molecular flexibility index (Phi) is 6.95. The van der Waals surface area contributed by atoms with E-state index in [4.69, 9.17) is 27.1 Å². The predicted octanol–water partition coefficient (Wildman–Crippen LogP) is 3.52. The van der Waals surface area contributed by atoms with Crippen LogP contribution in [0.2, 0.25) is 5.02 Å². The molecule has 200 valence electrons. The second-order valence-electron chi connectivity index (χ2n) is 9.80. The molecule has 1 unspecified atom stereocenters. The highest BCUT2D eigenvalue weighted by molar-refractivity contribution is 7.22. The largest absolute Gasteiger partial charge is 0.462 e. The van der Waals surface area contributed by atoms with Crippen LogP contribution in [0.4, 0.5) is 15.3 Å². The van der Waals surface area contributed by atoms with Crippen LogP contribution in [0.1, 0.15) is 12.8 Å². The standard InChI is InChI=1S/C26H29ClFN7O2S/c1-34-8-3-4-14(34)13-37-26-32-23-17(24(33-26)35-9-7-30-11-15(35)12-36)10-18(27)20(21(23)28)16-5-2-6-19-22(16)31-25(29)38-19/h2,5-6,10,14-15,30,36H,3-4,7-9,11-13H2,1H3,(H2,29,31)/t14?,15-/m1/s1. The number of benzene rings is 2. The van der Waals surface area contributed by atoms with Crippen LogP contribution in [-0.2, 0) is 0 Å². The molecule has 2 aromatic carbocycles. The van der Waals surface area contributed by atoms with Crippen LogP contribution in [0.5, 0.6) is 6.01 Å². The van der Waals surface area contributed by atoms with E-state index in [9.17, 15) is 5.11 Å². The number of fused-ring (bicyclic) bond motifs is 2. The molecule has 4 N–H and O–H groups in total. The molecule has 2 atom stereocenters. The lowest BCUT2D eigenvalue weighted by Gasteiger charge is -2.36. The van der Waals surface area contributed by atoms with Crippen LogP contribution in [0.25, 0.3) is 32.2 Å². The van der Waals surface area contributed by atoms with Gasteiger partial charge >= 0.3 is 6.01 Å². The lowest BCUT2D eigenvalue weighted by molar-refractivity contribution is 0.188. The number of nitrogen functional groups attached to an aromatic ring is 1. The smallest absolute Gasteiger partial charge is 0.319 e. The summed E-state index contributed by atoms with van der Waals surface area (Å²) in [7, 11) is 2.07. The molecular weight excluding hydrogens is 529 g/mol. The molecular formula is C26H29ClFN7O2S. The zero-order valence-corrected chi connectivity index (χ0v) is 22.5. The Morgan fingerprint density at radius 2 is 2.11 bits per heavy atom. The van der Waals surface area contributed by atoms with Gasteiger partial charge < -0.3 is 30.7 Å². The fourth-order valence-corrected chi connectivity index (χ4v) is 6.48. The van der Waals surface area contributed by atoms with E-state index >= 15 is 4.39 Å².